The number of nitrogens with one attached hydrogen (secondary N) is 2. The molecule has 21 heavy (non-hydrogen) atoms. The van der Waals surface area contributed by atoms with Gasteiger partial charge in [-0.2, -0.15) is 0 Å². The van der Waals surface area contributed by atoms with Gasteiger partial charge in [0.15, 0.2) is 0 Å². The minimum absolute atomic E-state index is 0.0708. The maximum absolute atomic E-state index is 12.5. The van der Waals surface area contributed by atoms with E-state index in [0.29, 0.717) is 31.8 Å². The Morgan fingerprint density at radius 3 is 2.19 bits per heavy atom. The SMILES string of the molecule is CC1CCN(C(=O)N2CCC3(CC2)NC(=O)NC3=O)CC1. The molecule has 3 saturated heterocycles. The molecule has 116 valence electrons. The number of carbonyl (C=O) groups is 3. The molecular formula is C14H22N4O3. The Bertz CT molecular complexity index is 463. The minimum Gasteiger partial charge on any atom is -0.325 e. The van der Waals surface area contributed by atoms with Crippen molar-refractivity contribution >= 4 is 18.0 Å². The van der Waals surface area contributed by atoms with Gasteiger partial charge in [-0.25, -0.2) is 9.59 Å². The molecule has 7 heteroatoms. The number of amides is 5. The van der Waals surface area contributed by atoms with Gasteiger partial charge in [-0.3, -0.25) is 10.1 Å². The summed E-state index contributed by atoms with van der Waals surface area (Å²) in [5.74, 6) is 0.433. The van der Waals surface area contributed by atoms with Gasteiger partial charge in [0.1, 0.15) is 5.54 Å². The summed E-state index contributed by atoms with van der Waals surface area (Å²) in [5, 5.41) is 5.00. The smallest absolute Gasteiger partial charge is 0.322 e. The summed E-state index contributed by atoms with van der Waals surface area (Å²) in [4.78, 5) is 39.3. The number of imide groups is 1. The van der Waals surface area contributed by atoms with E-state index in [0.717, 1.165) is 25.9 Å². The summed E-state index contributed by atoms with van der Waals surface area (Å²) >= 11 is 0. The fraction of sp³-hybridized carbons (Fsp3) is 0.786. The quantitative estimate of drug-likeness (QED) is 0.639. The van der Waals surface area contributed by atoms with Gasteiger partial charge < -0.3 is 15.1 Å². The fourth-order valence-corrected chi connectivity index (χ4v) is 3.36. The Kier molecular flexibility index (Phi) is 3.51. The van der Waals surface area contributed by atoms with E-state index in [-0.39, 0.29) is 11.9 Å². The molecule has 1 spiro atoms. The highest BCUT2D eigenvalue weighted by atomic mass is 16.2. The summed E-state index contributed by atoms with van der Waals surface area (Å²) in [6.07, 6.45) is 3.09. The molecule has 0 unspecified atom stereocenters. The lowest BCUT2D eigenvalue weighted by Gasteiger charge is -2.40. The van der Waals surface area contributed by atoms with Crippen molar-refractivity contribution in [2.24, 2.45) is 5.92 Å². The molecular weight excluding hydrogens is 272 g/mol. The van der Waals surface area contributed by atoms with Crippen molar-refractivity contribution in [3.05, 3.63) is 0 Å². The van der Waals surface area contributed by atoms with Gasteiger partial charge in [0.25, 0.3) is 5.91 Å². The van der Waals surface area contributed by atoms with Crippen LogP contribution in [0.25, 0.3) is 0 Å². The van der Waals surface area contributed by atoms with E-state index in [2.05, 4.69) is 17.6 Å². The summed E-state index contributed by atoms with van der Waals surface area (Å²) in [6.45, 7) is 4.88. The third kappa shape index (κ3) is 2.56. The van der Waals surface area contributed by atoms with Crippen LogP contribution in [0.2, 0.25) is 0 Å². The predicted molar refractivity (Wildman–Crippen MR) is 75.6 cm³/mol. The summed E-state index contributed by atoms with van der Waals surface area (Å²) in [5.41, 5.74) is -0.801. The fourth-order valence-electron chi connectivity index (χ4n) is 3.36. The second kappa shape index (κ2) is 5.20. The van der Waals surface area contributed by atoms with Crippen LogP contribution >= 0.6 is 0 Å². The van der Waals surface area contributed by atoms with Crippen LogP contribution in [0.5, 0.6) is 0 Å². The molecule has 0 aromatic heterocycles. The molecule has 0 bridgehead atoms. The molecule has 0 radical (unpaired) electrons. The summed E-state index contributed by atoms with van der Waals surface area (Å²) < 4.78 is 0. The lowest BCUT2D eigenvalue weighted by atomic mass is 9.88. The maximum Gasteiger partial charge on any atom is 0.322 e. The number of hydrogen-bond acceptors (Lipinski definition) is 3. The molecule has 0 atom stereocenters. The van der Waals surface area contributed by atoms with Gasteiger partial charge >= 0.3 is 12.1 Å². The van der Waals surface area contributed by atoms with Crippen LogP contribution in [-0.4, -0.2) is 59.5 Å². The maximum atomic E-state index is 12.5. The van der Waals surface area contributed by atoms with E-state index < -0.39 is 11.6 Å². The highest BCUT2D eigenvalue weighted by molar-refractivity contribution is 6.07. The molecule has 2 N–H and O–H groups in total. The average Bonchev–Trinajstić information content (AvgIpc) is 2.74. The van der Waals surface area contributed by atoms with Gasteiger partial charge in [0.2, 0.25) is 0 Å². The zero-order valence-electron chi connectivity index (χ0n) is 12.4. The van der Waals surface area contributed by atoms with E-state index in [4.69, 9.17) is 0 Å². The Morgan fingerprint density at radius 1 is 1.10 bits per heavy atom. The molecule has 3 rings (SSSR count). The van der Waals surface area contributed by atoms with Gasteiger partial charge in [-0.15, -0.1) is 0 Å². The number of rotatable bonds is 0. The van der Waals surface area contributed by atoms with Crippen LogP contribution in [0.4, 0.5) is 9.59 Å². The Labute approximate surface area is 124 Å². The molecule has 0 aromatic rings. The van der Waals surface area contributed by atoms with Crippen molar-refractivity contribution in [1.29, 1.82) is 0 Å². The molecule has 5 amide bonds. The lowest BCUT2D eigenvalue weighted by Crippen LogP contribution is -2.58. The molecule has 3 aliphatic rings. The first kappa shape index (κ1) is 14.2. The first-order chi connectivity index (χ1) is 10.00. The van der Waals surface area contributed by atoms with E-state index in [9.17, 15) is 14.4 Å². The topological polar surface area (TPSA) is 81.8 Å². The first-order valence-corrected chi connectivity index (χ1v) is 7.68. The van der Waals surface area contributed by atoms with Crippen LogP contribution in [-0.2, 0) is 4.79 Å². The normalized spacial score (nSPS) is 26.0. The van der Waals surface area contributed by atoms with Gasteiger partial charge in [-0.1, -0.05) is 6.92 Å². The molecule has 0 aliphatic carbocycles. The number of nitrogens with zero attached hydrogens (tertiary/aromatic N) is 2. The van der Waals surface area contributed by atoms with Crippen molar-refractivity contribution in [2.75, 3.05) is 26.2 Å². The van der Waals surface area contributed by atoms with Gasteiger partial charge in [0, 0.05) is 26.2 Å². The Morgan fingerprint density at radius 2 is 1.67 bits per heavy atom. The zero-order chi connectivity index (χ0) is 15.0. The third-order valence-electron chi connectivity index (χ3n) is 4.96. The van der Waals surface area contributed by atoms with E-state index in [1.165, 1.54) is 0 Å². The zero-order valence-corrected chi connectivity index (χ0v) is 12.4. The number of carbonyl (C=O) groups excluding carboxylic acids is 3. The molecule has 3 fully saturated rings. The van der Waals surface area contributed by atoms with Crippen LogP contribution in [0, 0.1) is 5.92 Å². The number of urea groups is 2. The van der Waals surface area contributed by atoms with E-state index >= 15 is 0 Å². The minimum atomic E-state index is -0.801. The molecule has 0 aromatic carbocycles. The first-order valence-electron chi connectivity index (χ1n) is 7.68. The summed E-state index contributed by atoms with van der Waals surface area (Å²) in [6, 6.07) is -0.355. The number of likely N-dealkylation sites (tertiary alicyclic amines) is 2. The second-order valence-corrected chi connectivity index (χ2v) is 6.43. The van der Waals surface area contributed by atoms with Crippen LogP contribution < -0.4 is 10.6 Å². The molecule has 3 heterocycles. The van der Waals surface area contributed by atoms with Gasteiger partial charge in [0.05, 0.1) is 0 Å². The van der Waals surface area contributed by atoms with Crippen LogP contribution in [0.3, 0.4) is 0 Å². The largest absolute Gasteiger partial charge is 0.325 e. The van der Waals surface area contributed by atoms with Gasteiger partial charge in [-0.05, 0) is 31.6 Å². The van der Waals surface area contributed by atoms with Crippen molar-refractivity contribution < 1.29 is 14.4 Å². The third-order valence-corrected chi connectivity index (χ3v) is 4.96. The molecule has 3 aliphatic heterocycles. The number of piperidine rings is 2. The van der Waals surface area contributed by atoms with Crippen LogP contribution in [0.1, 0.15) is 32.6 Å². The molecule has 0 saturated carbocycles. The van der Waals surface area contributed by atoms with E-state index in [1.54, 1.807) is 4.90 Å². The second-order valence-electron chi connectivity index (χ2n) is 6.43. The number of hydrogen-bond donors (Lipinski definition) is 2. The lowest BCUT2D eigenvalue weighted by molar-refractivity contribution is -0.125. The van der Waals surface area contributed by atoms with Crippen molar-refractivity contribution in [3.63, 3.8) is 0 Å². The predicted octanol–water partition coefficient (Wildman–Crippen LogP) is 0.512. The van der Waals surface area contributed by atoms with Crippen molar-refractivity contribution in [1.82, 2.24) is 20.4 Å². The standard InChI is InChI=1S/C14H22N4O3/c1-10-2-6-17(7-3-10)13(21)18-8-4-14(5-9-18)11(19)15-12(20)16-14/h10H,2-9H2,1H3,(H2,15,16,19,20). The highest BCUT2D eigenvalue weighted by Crippen LogP contribution is 2.27. The highest BCUT2D eigenvalue weighted by Gasteiger charge is 2.48. The average molecular weight is 294 g/mol. The van der Waals surface area contributed by atoms with Crippen LogP contribution in [0.15, 0.2) is 0 Å². The van der Waals surface area contributed by atoms with E-state index in [1.807, 2.05) is 4.90 Å². The molecule has 7 nitrogen and oxygen atoms in total. The monoisotopic (exact) mass is 294 g/mol. The van der Waals surface area contributed by atoms with Crippen molar-refractivity contribution in [3.8, 4) is 0 Å². The summed E-state index contributed by atoms with van der Waals surface area (Å²) in [7, 11) is 0. The Balaban J connectivity index is 1.57. The van der Waals surface area contributed by atoms with Crippen molar-refractivity contribution in [2.45, 2.75) is 38.1 Å². The Hall–Kier alpha value is -1.79.